The largest absolute Gasteiger partial charge is 0.371 e. The first kappa shape index (κ1) is 12.5. The molecule has 0 amide bonds. The minimum Gasteiger partial charge on any atom is -0.371 e. The Labute approximate surface area is 107 Å². The Morgan fingerprint density at radius 3 is 2.50 bits per heavy atom. The molecule has 1 heterocycles. The fourth-order valence-corrected chi connectivity index (χ4v) is 2.12. The summed E-state index contributed by atoms with van der Waals surface area (Å²) < 4.78 is 0. The molecule has 1 aliphatic heterocycles. The topological polar surface area (TPSA) is 78.0 Å². The number of nitrogens with zero attached hydrogens (tertiary/aromatic N) is 4. The molecule has 0 unspecified atom stereocenters. The monoisotopic (exact) mass is 243 g/mol. The average Bonchev–Trinajstić information content (AvgIpc) is 2.40. The van der Waals surface area contributed by atoms with Crippen LogP contribution in [-0.2, 0) is 0 Å². The summed E-state index contributed by atoms with van der Waals surface area (Å²) in [5.41, 5.74) is 16.9. The van der Waals surface area contributed by atoms with Crippen LogP contribution in [0.3, 0.4) is 0 Å². The van der Waals surface area contributed by atoms with Gasteiger partial charge in [-0.05, 0) is 23.9 Å². The summed E-state index contributed by atoms with van der Waals surface area (Å²) >= 11 is 0. The van der Waals surface area contributed by atoms with Crippen molar-refractivity contribution in [3.8, 4) is 0 Å². The van der Waals surface area contributed by atoms with Gasteiger partial charge in [-0.2, -0.15) is 0 Å². The van der Waals surface area contributed by atoms with E-state index in [1.807, 2.05) is 12.1 Å². The van der Waals surface area contributed by atoms with Crippen LogP contribution in [0.2, 0.25) is 0 Å². The number of likely N-dealkylation sites (tertiary alicyclic amines) is 1. The van der Waals surface area contributed by atoms with Crippen molar-refractivity contribution in [2.45, 2.75) is 18.9 Å². The molecule has 1 saturated heterocycles. The Morgan fingerprint density at radius 2 is 1.94 bits per heavy atom. The molecule has 0 saturated carbocycles. The van der Waals surface area contributed by atoms with E-state index in [1.54, 1.807) is 12.1 Å². The van der Waals surface area contributed by atoms with Gasteiger partial charge in [-0.1, -0.05) is 36.0 Å². The summed E-state index contributed by atoms with van der Waals surface area (Å²) in [6, 6.07) is 7.79. The zero-order valence-electron chi connectivity index (χ0n) is 10.3. The highest BCUT2D eigenvalue weighted by Crippen LogP contribution is 2.23. The smallest absolute Gasteiger partial charge is 0.0375 e. The third-order valence-corrected chi connectivity index (χ3v) is 3.28. The molecule has 5 nitrogen and oxygen atoms in total. The average molecular weight is 243 g/mol. The van der Waals surface area contributed by atoms with Gasteiger partial charge in [0.05, 0.1) is 0 Å². The molecular formula is C13H17N5. The maximum Gasteiger partial charge on any atom is 0.0375 e. The summed E-state index contributed by atoms with van der Waals surface area (Å²) in [5.74, 6) is 0. The van der Waals surface area contributed by atoms with E-state index in [4.69, 9.17) is 11.3 Å². The Kier molecular flexibility index (Phi) is 3.87. The summed E-state index contributed by atoms with van der Waals surface area (Å²) in [5, 5.41) is 3.55. The molecule has 0 spiro atoms. The van der Waals surface area contributed by atoms with Crippen molar-refractivity contribution in [2.24, 2.45) is 10.8 Å². The van der Waals surface area contributed by atoms with Crippen molar-refractivity contribution in [1.82, 2.24) is 4.90 Å². The standard InChI is InChI=1S/C13H17N5/c1-10(18-8-6-12(14)7-9-18)11-2-4-13(5-3-11)16-17-15/h2-5,12H,1,6-9,14H2. The van der Waals surface area contributed by atoms with Gasteiger partial charge >= 0.3 is 0 Å². The van der Waals surface area contributed by atoms with E-state index in [0.717, 1.165) is 37.2 Å². The zero-order valence-corrected chi connectivity index (χ0v) is 10.3. The lowest BCUT2D eigenvalue weighted by atomic mass is 10.0. The summed E-state index contributed by atoms with van der Waals surface area (Å²) in [6.45, 7) is 6.04. The van der Waals surface area contributed by atoms with Gasteiger partial charge in [0, 0.05) is 35.4 Å². The number of azide groups is 1. The number of benzene rings is 1. The molecule has 2 rings (SSSR count). The fraction of sp³-hybridized carbons (Fsp3) is 0.385. The van der Waals surface area contributed by atoms with Crippen molar-refractivity contribution in [2.75, 3.05) is 13.1 Å². The normalized spacial score (nSPS) is 16.2. The van der Waals surface area contributed by atoms with E-state index in [-0.39, 0.29) is 0 Å². The first-order valence-corrected chi connectivity index (χ1v) is 6.05. The lowest BCUT2D eigenvalue weighted by molar-refractivity contribution is 0.300. The van der Waals surface area contributed by atoms with Crippen molar-refractivity contribution in [3.63, 3.8) is 0 Å². The Balaban J connectivity index is 2.06. The predicted molar refractivity (Wildman–Crippen MR) is 73.1 cm³/mol. The van der Waals surface area contributed by atoms with Gasteiger partial charge < -0.3 is 10.6 Å². The van der Waals surface area contributed by atoms with Crippen LogP contribution < -0.4 is 5.73 Å². The fourth-order valence-electron chi connectivity index (χ4n) is 2.12. The van der Waals surface area contributed by atoms with Gasteiger partial charge in [0.1, 0.15) is 0 Å². The molecule has 5 heteroatoms. The number of nitrogens with two attached hydrogens (primary N) is 1. The van der Waals surface area contributed by atoms with Crippen molar-refractivity contribution < 1.29 is 0 Å². The second-order valence-electron chi connectivity index (χ2n) is 4.51. The maximum atomic E-state index is 8.35. The second-order valence-corrected chi connectivity index (χ2v) is 4.51. The van der Waals surface area contributed by atoms with Gasteiger partial charge in [-0.25, -0.2) is 0 Å². The predicted octanol–water partition coefficient (Wildman–Crippen LogP) is 3.02. The van der Waals surface area contributed by atoms with Crippen LogP contribution in [0.15, 0.2) is 36.0 Å². The minimum atomic E-state index is 0.321. The van der Waals surface area contributed by atoms with Gasteiger partial charge in [-0.15, -0.1) is 0 Å². The summed E-state index contributed by atoms with van der Waals surface area (Å²) in [6.07, 6.45) is 2.02. The number of hydrogen-bond donors (Lipinski definition) is 1. The molecule has 0 radical (unpaired) electrons. The van der Waals surface area contributed by atoms with E-state index in [0.29, 0.717) is 11.7 Å². The summed E-state index contributed by atoms with van der Waals surface area (Å²) in [7, 11) is 0. The molecule has 94 valence electrons. The molecule has 1 aromatic rings. The van der Waals surface area contributed by atoms with Crippen LogP contribution in [0.1, 0.15) is 18.4 Å². The Bertz CT molecular complexity index is 465. The minimum absolute atomic E-state index is 0.321. The highest BCUT2D eigenvalue weighted by atomic mass is 15.1. The molecule has 0 aromatic heterocycles. The van der Waals surface area contributed by atoms with Crippen molar-refractivity contribution >= 4 is 11.4 Å². The SMILES string of the molecule is C=C(c1ccc(N=[N+]=[N-])cc1)N1CCC(N)CC1. The molecule has 0 bridgehead atoms. The molecular weight excluding hydrogens is 226 g/mol. The quantitative estimate of drug-likeness (QED) is 0.503. The molecule has 1 aromatic carbocycles. The van der Waals surface area contributed by atoms with Crippen LogP contribution in [0.4, 0.5) is 5.69 Å². The highest BCUT2D eigenvalue weighted by Gasteiger charge is 2.17. The van der Waals surface area contributed by atoms with Crippen LogP contribution in [0.25, 0.3) is 16.1 Å². The third kappa shape index (κ3) is 2.83. The van der Waals surface area contributed by atoms with E-state index in [2.05, 4.69) is 21.5 Å². The summed E-state index contributed by atoms with van der Waals surface area (Å²) in [4.78, 5) is 5.01. The zero-order chi connectivity index (χ0) is 13.0. The van der Waals surface area contributed by atoms with Gasteiger partial charge in [0.15, 0.2) is 0 Å². The van der Waals surface area contributed by atoms with Crippen LogP contribution in [0.5, 0.6) is 0 Å². The van der Waals surface area contributed by atoms with E-state index in [1.165, 1.54) is 0 Å². The van der Waals surface area contributed by atoms with Crippen LogP contribution in [-0.4, -0.2) is 24.0 Å². The van der Waals surface area contributed by atoms with E-state index < -0.39 is 0 Å². The first-order chi connectivity index (χ1) is 8.70. The second kappa shape index (κ2) is 5.58. The lowest BCUT2D eigenvalue weighted by Gasteiger charge is -2.33. The number of rotatable bonds is 3. The van der Waals surface area contributed by atoms with Crippen molar-refractivity contribution in [3.05, 3.63) is 46.9 Å². The number of hydrogen-bond acceptors (Lipinski definition) is 3. The van der Waals surface area contributed by atoms with Gasteiger partial charge in [0.25, 0.3) is 0 Å². The van der Waals surface area contributed by atoms with Crippen LogP contribution in [0, 0.1) is 0 Å². The molecule has 18 heavy (non-hydrogen) atoms. The first-order valence-electron chi connectivity index (χ1n) is 6.05. The Hall–Kier alpha value is -1.97. The lowest BCUT2D eigenvalue weighted by Crippen LogP contribution is -2.38. The Morgan fingerprint density at radius 1 is 1.33 bits per heavy atom. The molecule has 1 fully saturated rings. The molecule has 0 atom stereocenters. The van der Waals surface area contributed by atoms with Crippen molar-refractivity contribution in [1.29, 1.82) is 0 Å². The van der Waals surface area contributed by atoms with Gasteiger partial charge in [-0.3, -0.25) is 0 Å². The van der Waals surface area contributed by atoms with Crippen LogP contribution >= 0.6 is 0 Å². The number of piperidine rings is 1. The molecule has 1 aliphatic rings. The van der Waals surface area contributed by atoms with E-state index in [9.17, 15) is 0 Å². The maximum absolute atomic E-state index is 8.35. The van der Waals surface area contributed by atoms with E-state index >= 15 is 0 Å². The molecule has 0 aliphatic carbocycles. The third-order valence-electron chi connectivity index (χ3n) is 3.28. The highest BCUT2D eigenvalue weighted by molar-refractivity contribution is 5.63. The molecule has 2 N–H and O–H groups in total. The van der Waals surface area contributed by atoms with Gasteiger partial charge in [0.2, 0.25) is 0 Å².